The summed E-state index contributed by atoms with van der Waals surface area (Å²) in [4.78, 5) is 17.8. The fraction of sp³-hybridized carbons (Fsp3) is 0.400. The molecule has 0 atom stereocenters. The van der Waals surface area contributed by atoms with Crippen LogP contribution in [0.15, 0.2) is 41.4 Å². The van der Waals surface area contributed by atoms with Crippen LogP contribution in [-0.4, -0.2) is 47.4 Å². The van der Waals surface area contributed by atoms with Crippen LogP contribution >= 0.6 is 23.8 Å². The summed E-state index contributed by atoms with van der Waals surface area (Å²) in [6.07, 6.45) is -2.83. The molecule has 2 aromatic rings. The molecule has 1 saturated heterocycles. The number of hydrogen-bond donors (Lipinski definition) is 0. The molecule has 1 fully saturated rings. The maximum atomic E-state index is 13.9. The highest BCUT2D eigenvalue weighted by molar-refractivity contribution is 7.80. The van der Waals surface area contributed by atoms with Gasteiger partial charge in [-0.2, -0.15) is 13.2 Å². The fourth-order valence-electron chi connectivity index (χ4n) is 3.70. The van der Waals surface area contributed by atoms with E-state index in [1.807, 2.05) is 20.8 Å². The van der Waals surface area contributed by atoms with E-state index in [-0.39, 0.29) is 34.0 Å². The Bertz CT molecular complexity index is 1110. The molecule has 5 nitrogen and oxygen atoms in total. The largest absolute Gasteiger partial charge is 0.490 e. The number of ether oxygens (including phenoxy) is 2. The van der Waals surface area contributed by atoms with Gasteiger partial charge in [0.2, 0.25) is 0 Å². The van der Waals surface area contributed by atoms with Crippen LogP contribution in [0.25, 0.3) is 11.1 Å². The molecule has 0 N–H and O–H groups in total. The molecule has 1 heterocycles. The summed E-state index contributed by atoms with van der Waals surface area (Å²) in [5.74, 6) is 0.421. The molecule has 0 radical (unpaired) electrons. The van der Waals surface area contributed by atoms with E-state index in [4.69, 9.17) is 21.1 Å². The molecule has 2 aromatic carbocycles. The smallest absolute Gasteiger partial charge is 0.417 e. The van der Waals surface area contributed by atoms with E-state index in [1.165, 1.54) is 23.7 Å². The van der Waals surface area contributed by atoms with Gasteiger partial charge in [0.05, 0.1) is 16.3 Å². The molecule has 0 spiro atoms. The second-order valence-corrected chi connectivity index (χ2v) is 9.75. The third kappa shape index (κ3) is 7.41. The van der Waals surface area contributed by atoms with Gasteiger partial charge in [-0.25, -0.2) is 4.79 Å². The van der Waals surface area contributed by atoms with Crippen molar-refractivity contribution in [2.75, 3.05) is 13.1 Å². The highest BCUT2D eigenvalue weighted by atomic mass is 35.5. The summed E-state index contributed by atoms with van der Waals surface area (Å²) < 4.78 is 53.1. The van der Waals surface area contributed by atoms with Crippen LogP contribution in [-0.2, 0) is 10.9 Å². The number of carbonyl (C=O) groups is 1. The maximum Gasteiger partial charge on any atom is 0.417 e. The van der Waals surface area contributed by atoms with Crippen LogP contribution in [0.2, 0.25) is 5.02 Å². The Balaban J connectivity index is 1.78. The van der Waals surface area contributed by atoms with Crippen LogP contribution in [0.5, 0.6) is 5.75 Å². The van der Waals surface area contributed by atoms with Crippen LogP contribution in [0.3, 0.4) is 0 Å². The van der Waals surface area contributed by atoms with E-state index < -0.39 is 17.3 Å². The first-order chi connectivity index (χ1) is 16.4. The molecule has 3 rings (SSSR count). The van der Waals surface area contributed by atoms with Crippen LogP contribution in [0, 0.1) is 0 Å². The summed E-state index contributed by atoms with van der Waals surface area (Å²) in [5, 5.41) is 1.12. The van der Waals surface area contributed by atoms with Crippen LogP contribution in [0.1, 0.15) is 39.2 Å². The SMILES string of the molecule is CC(C)(C)OC(=O)N1CCC(Oc2cccc(-c3c(Cl)cc(N=CC=S)cc3C(F)(F)F)c2)CC1. The Morgan fingerprint density at radius 2 is 1.86 bits per heavy atom. The first-order valence-electron chi connectivity index (χ1n) is 11.0. The molecule has 10 heteroatoms. The van der Waals surface area contributed by atoms with Crippen molar-refractivity contribution in [2.24, 2.45) is 4.99 Å². The van der Waals surface area contributed by atoms with Gasteiger partial charge in [0, 0.05) is 43.1 Å². The van der Waals surface area contributed by atoms with Crippen molar-refractivity contribution in [1.29, 1.82) is 0 Å². The Morgan fingerprint density at radius 3 is 2.46 bits per heavy atom. The summed E-state index contributed by atoms with van der Waals surface area (Å²) in [5.41, 5.74) is -1.29. The van der Waals surface area contributed by atoms with Gasteiger partial charge in [0.25, 0.3) is 0 Å². The average Bonchev–Trinajstić information content (AvgIpc) is 2.76. The molecule has 1 amide bonds. The first kappa shape index (κ1) is 26.9. The van der Waals surface area contributed by atoms with Gasteiger partial charge in [-0.05, 0) is 50.6 Å². The average molecular weight is 527 g/mol. The number of nitrogens with zero attached hydrogens (tertiary/aromatic N) is 2. The zero-order valence-electron chi connectivity index (χ0n) is 19.6. The van der Waals surface area contributed by atoms with Crippen molar-refractivity contribution >= 4 is 47.2 Å². The number of rotatable bonds is 5. The lowest BCUT2D eigenvalue weighted by molar-refractivity contribution is -0.137. The van der Waals surface area contributed by atoms with Crippen LogP contribution in [0.4, 0.5) is 23.7 Å². The molecular weight excluding hydrogens is 501 g/mol. The van der Waals surface area contributed by atoms with Gasteiger partial charge >= 0.3 is 12.3 Å². The van der Waals surface area contributed by atoms with Crippen molar-refractivity contribution in [3.63, 3.8) is 0 Å². The number of benzene rings is 2. The van der Waals surface area contributed by atoms with Gasteiger partial charge in [-0.1, -0.05) is 36.0 Å². The molecular formula is C25H26ClF3N2O3S. The predicted molar refractivity (Wildman–Crippen MR) is 135 cm³/mol. The zero-order chi connectivity index (χ0) is 25.8. The second-order valence-electron chi connectivity index (χ2n) is 9.07. The number of alkyl halides is 3. The number of amides is 1. The van der Waals surface area contributed by atoms with Gasteiger partial charge in [0.15, 0.2) is 0 Å². The van der Waals surface area contributed by atoms with Crippen molar-refractivity contribution in [3.05, 3.63) is 47.0 Å². The number of thiocarbonyl (C=S) groups is 1. The Hall–Kier alpha value is -2.65. The lowest BCUT2D eigenvalue weighted by Gasteiger charge is -2.33. The predicted octanol–water partition coefficient (Wildman–Crippen LogP) is 7.51. The Labute approximate surface area is 212 Å². The molecule has 188 valence electrons. The molecule has 0 bridgehead atoms. The highest BCUT2D eigenvalue weighted by Crippen LogP contribution is 2.44. The lowest BCUT2D eigenvalue weighted by Crippen LogP contribution is -2.44. The number of aliphatic imine (C=N–C) groups is 1. The van der Waals surface area contributed by atoms with Gasteiger partial charge in [-0.15, -0.1) is 0 Å². The van der Waals surface area contributed by atoms with E-state index in [0.29, 0.717) is 31.7 Å². The summed E-state index contributed by atoms with van der Waals surface area (Å²) in [7, 11) is 0. The van der Waals surface area contributed by atoms with Crippen molar-refractivity contribution in [2.45, 2.75) is 51.5 Å². The summed E-state index contributed by atoms with van der Waals surface area (Å²) in [6, 6.07) is 8.70. The minimum atomic E-state index is -4.65. The van der Waals surface area contributed by atoms with Crippen LogP contribution < -0.4 is 4.74 Å². The van der Waals surface area contributed by atoms with Gasteiger partial charge in [0.1, 0.15) is 17.5 Å². The Kier molecular flexibility index (Phi) is 8.43. The Morgan fingerprint density at radius 1 is 1.17 bits per heavy atom. The topological polar surface area (TPSA) is 51.1 Å². The summed E-state index contributed by atoms with van der Waals surface area (Å²) in [6.45, 7) is 6.36. The number of hydrogen-bond acceptors (Lipinski definition) is 5. The van der Waals surface area contributed by atoms with E-state index >= 15 is 0 Å². The molecule has 0 aliphatic carbocycles. The first-order valence-corrected chi connectivity index (χ1v) is 11.9. The molecule has 1 aliphatic rings. The number of halogens is 4. The molecule has 35 heavy (non-hydrogen) atoms. The molecule has 1 aliphatic heterocycles. The monoisotopic (exact) mass is 526 g/mol. The van der Waals surface area contributed by atoms with Gasteiger partial charge < -0.3 is 14.4 Å². The lowest BCUT2D eigenvalue weighted by atomic mass is 9.98. The van der Waals surface area contributed by atoms with Crippen molar-refractivity contribution in [3.8, 4) is 16.9 Å². The van der Waals surface area contributed by atoms with Gasteiger partial charge in [-0.3, -0.25) is 4.99 Å². The minimum absolute atomic E-state index is 0.0522. The summed E-state index contributed by atoms with van der Waals surface area (Å²) >= 11 is 10.9. The zero-order valence-corrected chi connectivity index (χ0v) is 21.1. The van der Waals surface area contributed by atoms with E-state index in [9.17, 15) is 18.0 Å². The number of carbonyl (C=O) groups excluding carboxylic acids is 1. The normalized spacial score (nSPS) is 15.3. The second kappa shape index (κ2) is 11.0. The quantitative estimate of drug-likeness (QED) is 0.299. The number of piperidine rings is 1. The van der Waals surface area contributed by atoms with E-state index in [0.717, 1.165) is 6.07 Å². The van der Waals surface area contributed by atoms with Crippen molar-refractivity contribution < 1.29 is 27.4 Å². The highest BCUT2D eigenvalue weighted by Gasteiger charge is 2.35. The standard InChI is InChI=1S/C25H26ClF3N2O3S/c1-24(2,3)34-23(32)31-10-7-18(8-11-31)33-19-6-4-5-16(13-19)22-20(25(27,28)29)14-17(15-21(22)26)30-9-12-35/h4-6,9,12-15,18H,7-8,10-11H2,1-3H3. The molecule has 0 aromatic heterocycles. The third-order valence-electron chi connectivity index (χ3n) is 5.18. The third-order valence-corrected chi connectivity index (χ3v) is 5.60. The van der Waals surface area contributed by atoms with E-state index in [2.05, 4.69) is 17.2 Å². The van der Waals surface area contributed by atoms with Crippen molar-refractivity contribution in [1.82, 2.24) is 4.90 Å². The fourth-order valence-corrected chi connectivity index (χ4v) is 4.08. The minimum Gasteiger partial charge on any atom is -0.490 e. The maximum absolute atomic E-state index is 13.9. The van der Waals surface area contributed by atoms with E-state index in [1.54, 1.807) is 23.1 Å². The molecule has 0 unspecified atom stereocenters. The number of likely N-dealkylation sites (tertiary alicyclic amines) is 1. The molecule has 0 saturated carbocycles.